The quantitative estimate of drug-likeness (QED) is 0.770. The Kier molecular flexibility index (Phi) is 4.02. The van der Waals surface area contributed by atoms with E-state index in [2.05, 4.69) is 17.4 Å². The average molecular weight is 331 g/mol. The first-order chi connectivity index (χ1) is 12.2. The number of fused-ring (bicyclic) bond motifs is 2. The molecule has 3 nitrogen and oxygen atoms in total. The number of rotatable bonds is 4. The summed E-state index contributed by atoms with van der Waals surface area (Å²) in [5.74, 6) is -0.0610. The van der Waals surface area contributed by atoms with Crippen molar-refractivity contribution in [2.45, 2.75) is 24.9 Å². The van der Waals surface area contributed by atoms with Crippen molar-refractivity contribution in [2.75, 3.05) is 6.54 Å². The molecule has 3 aromatic carbocycles. The highest BCUT2D eigenvalue weighted by molar-refractivity contribution is 5.90. The fourth-order valence-corrected chi connectivity index (χ4v) is 3.78. The van der Waals surface area contributed by atoms with Gasteiger partial charge in [0.05, 0.1) is 13.0 Å². The van der Waals surface area contributed by atoms with Gasteiger partial charge in [-0.25, -0.2) is 0 Å². The van der Waals surface area contributed by atoms with E-state index in [1.807, 2.05) is 54.6 Å². The highest BCUT2D eigenvalue weighted by Gasteiger charge is 2.36. The minimum Gasteiger partial charge on any atom is -0.383 e. The molecule has 1 unspecified atom stereocenters. The largest absolute Gasteiger partial charge is 0.383 e. The summed E-state index contributed by atoms with van der Waals surface area (Å²) in [4.78, 5) is 12.4. The lowest BCUT2D eigenvalue weighted by molar-refractivity contribution is -0.121. The molecule has 2 N–H and O–H groups in total. The van der Waals surface area contributed by atoms with Crippen molar-refractivity contribution in [1.29, 1.82) is 0 Å². The Balaban J connectivity index is 1.46. The van der Waals surface area contributed by atoms with Crippen LogP contribution in [0.25, 0.3) is 10.8 Å². The van der Waals surface area contributed by atoms with Crippen LogP contribution < -0.4 is 5.32 Å². The van der Waals surface area contributed by atoms with E-state index in [1.165, 1.54) is 5.56 Å². The van der Waals surface area contributed by atoms with E-state index in [0.29, 0.717) is 12.8 Å². The molecule has 0 radical (unpaired) electrons. The number of amides is 1. The van der Waals surface area contributed by atoms with E-state index >= 15 is 0 Å². The first-order valence-corrected chi connectivity index (χ1v) is 8.70. The lowest BCUT2D eigenvalue weighted by Gasteiger charge is -2.24. The van der Waals surface area contributed by atoms with Crippen LogP contribution in [-0.2, 0) is 23.2 Å². The standard InChI is InChI=1S/C22H21NO2/c24-21(14-18-9-5-8-16-6-1-3-10-19(16)18)23-15-22(25)13-12-17-7-2-4-11-20(17)22/h1-11,25H,12-15H2,(H,23,24). The minimum atomic E-state index is -0.953. The Hall–Kier alpha value is -2.65. The van der Waals surface area contributed by atoms with Gasteiger partial charge in [-0.05, 0) is 40.3 Å². The van der Waals surface area contributed by atoms with Crippen LogP contribution in [0.1, 0.15) is 23.1 Å². The van der Waals surface area contributed by atoms with Gasteiger partial charge in [0.1, 0.15) is 5.60 Å². The van der Waals surface area contributed by atoms with Gasteiger partial charge in [0.25, 0.3) is 0 Å². The molecule has 1 aliphatic carbocycles. The van der Waals surface area contributed by atoms with E-state index in [4.69, 9.17) is 0 Å². The van der Waals surface area contributed by atoms with Crippen molar-refractivity contribution in [2.24, 2.45) is 0 Å². The Bertz CT molecular complexity index is 929. The molecule has 1 aliphatic rings. The number of hydrogen-bond donors (Lipinski definition) is 2. The number of aryl methyl sites for hydroxylation is 1. The Morgan fingerprint density at radius 1 is 1.00 bits per heavy atom. The van der Waals surface area contributed by atoms with E-state index in [0.717, 1.165) is 28.3 Å². The molecule has 0 saturated heterocycles. The van der Waals surface area contributed by atoms with Gasteiger partial charge in [-0.3, -0.25) is 4.79 Å². The second kappa shape index (κ2) is 6.34. The summed E-state index contributed by atoms with van der Waals surface area (Å²) in [6.45, 7) is 0.258. The molecule has 1 amide bonds. The van der Waals surface area contributed by atoms with Gasteiger partial charge in [0, 0.05) is 0 Å². The molecule has 0 heterocycles. The monoisotopic (exact) mass is 331 g/mol. The molecular formula is C22H21NO2. The molecule has 0 bridgehead atoms. The number of carbonyl (C=O) groups excluding carboxylic acids is 1. The predicted molar refractivity (Wildman–Crippen MR) is 99.3 cm³/mol. The lowest BCUT2D eigenvalue weighted by atomic mass is 9.95. The zero-order chi connectivity index (χ0) is 17.3. The number of benzene rings is 3. The maximum absolute atomic E-state index is 12.4. The summed E-state index contributed by atoms with van der Waals surface area (Å²) in [6, 6.07) is 22.0. The van der Waals surface area contributed by atoms with E-state index < -0.39 is 5.60 Å². The van der Waals surface area contributed by atoms with Crippen molar-refractivity contribution < 1.29 is 9.90 Å². The highest BCUT2D eigenvalue weighted by Crippen LogP contribution is 2.36. The van der Waals surface area contributed by atoms with Crippen LogP contribution in [-0.4, -0.2) is 17.6 Å². The number of nitrogens with one attached hydrogen (secondary N) is 1. The highest BCUT2D eigenvalue weighted by atomic mass is 16.3. The van der Waals surface area contributed by atoms with E-state index in [-0.39, 0.29) is 12.5 Å². The SMILES string of the molecule is O=C(Cc1cccc2ccccc12)NCC1(O)CCc2ccccc21. The summed E-state index contributed by atoms with van der Waals surface area (Å²) in [5, 5.41) is 16.1. The van der Waals surface area contributed by atoms with Crippen LogP contribution in [0, 0.1) is 0 Å². The van der Waals surface area contributed by atoms with Gasteiger partial charge in [0.15, 0.2) is 0 Å². The van der Waals surface area contributed by atoms with Gasteiger partial charge in [-0.15, -0.1) is 0 Å². The predicted octanol–water partition coefficient (Wildman–Crippen LogP) is 3.33. The van der Waals surface area contributed by atoms with Crippen molar-refractivity contribution in [3.63, 3.8) is 0 Å². The van der Waals surface area contributed by atoms with E-state index in [9.17, 15) is 9.90 Å². The Morgan fingerprint density at radius 3 is 2.68 bits per heavy atom. The summed E-state index contributed by atoms with van der Waals surface area (Å²) >= 11 is 0. The summed E-state index contributed by atoms with van der Waals surface area (Å²) in [7, 11) is 0. The average Bonchev–Trinajstić information content (AvgIpc) is 2.98. The number of carbonyl (C=O) groups is 1. The van der Waals surface area contributed by atoms with E-state index in [1.54, 1.807) is 0 Å². The molecule has 0 spiro atoms. The molecule has 0 fully saturated rings. The van der Waals surface area contributed by atoms with Crippen LogP contribution in [0.2, 0.25) is 0 Å². The van der Waals surface area contributed by atoms with Crippen LogP contribution in [0.4, 0.5) is 0 Å². The maximum Gasteiger partial charge on any atom is 0.224 e. The summed E-state index contributed by atoms with van der Waals surface area (Å²) in [6.07, 6.45) is 1.83. The molecule has 1 atom stereocenters. The Labute approximate surface area is 147 Å². The van der Waals surface area contributed by atoms with Crippen molar-refractivity contribution in [3.8, 4) is 0 Å². The minimum absolute atomic E-state index is 0.0610. The molecule has 0 aromatic heterocycles. The van der Waals surface area contributed by atoms with Crippen LogP contribution in [0.3, 0.4) is 0 Å². The molecule has 4 rings (SSSR count). The molecule has 0 saturated carbocycles. The zero-order valence-electron chi connectivity index (χ0n) is 14.0. The smallest absolute Gasteiger partial charge is 0.224 e. The first-order valence-electron chi connectivity index (χ1n) is 8.70. The normalized spacial score (nSPS) is 18.9. The summed E-state index contributed by atoms with van der Waals surface area (Å²) < 4.78 is 0. The van der Waals surface area contributed by atoms with Gasteiger partial charge >= 0.3 is 0 Å². The number of hydrogen-bond acceptors (Lipinski definition) is 2. The molecule has 0 aliphatic heterocycles. The molecule has 3 aromatic rings. The third-order valence-electron chi connectivity index (χ3n) is 5.14. The first kappa shape index (κ1) is 15.9. The fraction of sp³-hybridized carbons (Fsp3) is 0.227. The van der Waals surface area contributed by atoms with Crippen molar-refractivity contribution >= 4 is 16.7 Å². The third kappa shape index (κ3) is 3.03. The molecule has 25 heavy (non-hydrogen) atoms. The molecule has 3 heteroatoms. The van der Waals surface area contributed by atoms with Crippen molar-refractivity contribution in [1.82, 2.24) is 5.32 Å². The van der Waals surface area contributed by atoms with Gasteiger partial charge in [-0.2, -0.15) is 0 Å². The molecule has 126 valence electrons. The third-order valence-corrected chi connectivity index (χ3v) is 5.14. The van der Waals surface area contributed by atoms with Gasteiger partial charge in [0.2, 0.25) is 5.91 Å². The van der Waals surface area contributed by atoms with Crippen molar-refractivity contribution in [3.05, 3.63) is 83.4 Å². The topological polar surface area (TPSA) is 49.3 Å². The summed E-state index contributed by atoms with van der Waals surface area (Å²) in [5.41, 5.74) is 2.17. The molecular weight excluding hydrogens is 310 g/mol. The van der Waals surface area contributed by atoms with Crippen LogP contribution in [0.5, 0.6) is 0 Å². The van der Waals surface area contributed by atoms with Crippen LogP contribution in [0.15, 0.2) is 66.7 Å². The van der Waals surface area contributed by atoms with Crippen LogP contribution >= 0.6 is 0 Å². The lowest BCUT2D eigenvalue weighted by Crippen LogP contribution is -2.39. The maximum atomic E-state index is 12.4. The zero-order valence-corrected chi connectivity index (χ0v) is 14.0. The fourth-order valence-electron chi connectivity index (χ4n) is 3.78. The Morgan fingerprint density at radius 2 is 1.76 bits per heavy atom. The van der Waals surface area contributed by atoms with Gasteiger partial charge < -0.3 is 10.4 Å². The van der Waals surface area contributed by atoms with Gasteiger partial charge in [-0.1, -0.05) is 66.7 Å². The second-order valence-corrected chi connectivity index (χ2v) is 6.78. The number of aliphatic hydroxyl groups is 1. The second-order valence-electron chi connectivity index (χ2n) is 6.78.